The Morgan fingerprint density at radius 1 is 1.11 bits per heavy atom. The van der Waals surface area contributed by atoms with Gasteiger partial charge in [0, 0.05) is 22.7 Å². The second-order valence-corrected chi connectivity index (χ2v) is 9.18. The van der Waals surface area contributed by atoms with Crippen LogP contribution in [0.2, 0.25) is 0 Å². The molecule has 2 aromatic carbocycles. The normalized spacial score (nSPS) is 12.1. The number of pyridine rings is 1. The molecule has 6 nitrogen and oxygen atoms in total. The van der Waals surface area contributed by atoms with Gasteiger partial charge in [-0.15, -0.1) is 11.8 Å². The summed E-state index contributed by atoms with van der Waals surface area (Å²) in [6.07, 6.45) is 2.89. The fraction of sp³-hybridized carbons (Fsp3) is 0.150. The van der Waals surface area contributed by atoms with Crippen molar-refractivity contribution in [1.82, 2.24) is 10.4 Å². The first-order chi connectivity index (χ1) is 13.3. The summed E-state index contributed by atoms with van der Waals surface area (Å²) >= 11 is 1.40. The van der Waals surface area contributed by atoms with Crippen LogP contribution in [0.1, 0.15) is 12.5 Å². The SMILES string of the molecule is C/C(=N/NC(=O)CSc1cccc2cccnc12)c1ccc(S(C)(=O)=O)cc1. The number of aromatic nitrogens is 1. The molecule has 0 aliphatic heterocycles. The highest BCUT2D eigenvalue weighted by atomic mass is 32.2. The van der Waals surface area contributed by atoms with E-state index in [1.165, 1.54) is 23.9 Å². The van der Waals surface area contributed by atoms with E-state index in [0.29, 0.717) is 5.71 Å². The molecule has 8 heteroatoms. The maximum Gasteiger partial charge on any atom is 0.250 e. The number of hydrogen-bond donors (Lipinski definition) is 1. The number of hydrogen-bond acceptors (Lipinski definition) is 6. The largest absolute Gasteiger partial charge is 0.272 e. The van der Waals surface area contributed by atoms with Crippen molar-refractivity contribution in [3.8, 4) is 0 Å². The molecule has 0 aliphatic rings. The molecule has 0 fully saturated rings. The maximum atomic E-state index is 12.1. The molecule has 0 unspecified atom stereocenters. The summed E-state index contributed by atoms with van der Waals surface area (Å²) in [7, 11) is -3.24. The number of carbonyl (C=O) groups excluding carboxylic acids is 1. The van der Waals surface area contributed by atoms with Gasteiger partial charge in [-0.1, -0.05) is 30.3 Å². The van der Waals surface area contributed by atoms with E-state index in [4.69, 9.17) is 0 Å². The van der Waals surface area contributed by atoms with E-state index in [2.05, 4.69) is 15.5 Å². The molecule has 3 aromatic rings. The lowest BCUT2D eigenvalue weighted by atomic mass is 10.1. The van der Waals surface area contributed by atoms with E-state index in [1.54, 1.807) is 25.3 Å². The predicted molar refractivity (Wildman–Crippen MR) is 112 cm³/mol. The molecule has 0 saturated carbocycles. The highest BCUT2D eigenvalue weighted by Gasteiger charge is 2.08. The zero-order valence-corrected chi connectivity index (χ0v) is 17.0. The first-order valence-electron chi connectivity index (χ1n) is 8.45. The lowest BCUT2D eigenvalue weighted by molar-refractivity contribution is -0.118. The molecule has 144 valence electrons. The Labute approximate surface area is 168 Å². The average molecular weight is 414 g/mol. The summed E-state index contributed by atoms with van der Waals surface area (Å²) in [5.41, 5.74) is 4.73. The fourth-order valence-corrected chi connectivity index (χ4v) is 3.99. The van der Waals surface area contributed by atoms with Gasteiger partial charge >= 0.3 is 0 Å². The van der Waals surface area contributed by atoms with Crippen LogP contribution < -0.4 is 5.43 Å². The molecule has 1 heterocycles. The summed E-state index contributed by atoms with van der Waals surface area (Å²) in [5, 5.41) is 5.13. The second kappa shape index (κ2) is 8.53. The number of nitrogens with zero attached hydrogens (tertiary/aromatic N) is 2. The van der Waals surface area contributed by atoms with Gasteiger partial charge in [0.25, 0.3) is 0 Å². The molecule has 1 aromatic heterocycles. The number of sulfone groups is 1. The smallest absolute Gasteiger partial charge is 0.250 e. The zero-order chi connectivity index (χ0) is 20.1. The van der Waals surface area contributed by atoms with Crippen LogP contribution in [0, 0.1) is 0 Å². The quantitative estimate of drug-likeness (QED) is 0.381. The molecule has 0 aliphatic carbocycles. The first-order valence-corrected chi connectivity index (χ1v) is 11.3. The maximum absolute atomic E-state index is 12.1. The number of para-hydroxylation sites is 1. The molecule has 0 atom stereocenters. The van der Waals surface area contributed by atoms with E-state index in [0.717, 1.165) is 27.6 Å². The van der Waals surface area contributed by atoms with Crippen LogP contribution in [0.3, 0.4) is 0 Å². The molecule has 3 rings (SSSR count). The summed E-state index contributed by atoms with van der Waals surface area (Å²) in [4.78, 5) is 17.7. The van der Waals surface area contributed by atoms with Crippen molar-refractivity contribution >= 4 is 44.1 Å². The summed E-state index contributed by atoms with van der Waals surface area (Å²) in [6, 6.07) is 16.1. The highest BCUT2D eigenvalue weighted by molar-refractivity contribution is 8.00. The Kier molecular flexibility index (Phi) is 6.11. The van der Waals surface area contributed by atoms with Crippen molar-refractivity contribution in [1.29, 1.82) is 0 Å². The number of fused-ring (bicyclic) bond motifs is 1. The van der Waals surface area contributed by atoms with E-state index < -0.39 is 9.84 Å². The highest BCUT2D eigenvalue weighted by Crippen LogP contribution is 2.25. The Bertz CT molecular complexity index is 1140. The number of amides is 1. The van der Waals surface area contributed by atoms with Crippen LogP contribution in [-0.4, -0.2) is 37.0 Å². The van der Waals surface area contributed by atoms with Crippen LogP contribution in [0.15, 0.2) is 75.7 Å². The van der Waals surface area contributed by atoms with Crippen LogP contribution in [0.4, 0.5) is 0 Å². The van der Waals surface area contributed by atoms with Crippen molar-refractivity contribution in [3.63, 3.8) is 0 Å². The fourth-order valence-electron chi connectivity index (χ4n) is 2.52. The van der Waals surface area contributed by atoms with Gasteiger partial charge in [0.15, 0.2) is 9.84 Å². The molecule has 0 bridgehead atoms. The van der Waals surface area contributed by atoms with Gasteiger partial charge in [-0.3, -0.25) is 9.78 Å². The summed E-state index contributed by atoms with van der Waals surface area (Å²) < 4.78 is 23.0. The van der Waals surface area contributed by atoms with E-state index in [1.807, 2.05) is 30.3 Å². The van der Waals surface area contributed by atoms with Crippen LogP contribution in [0.25, 0.3) is 10.9 Å². The van der Waals surface area contributed by atoms with E-state index in [9.17, 15) is 13.2 Å². The molecule has 0 saturated heterocycles. The lowest BCUT2D eigenvalue weighted by Gasteiger charge is -2.06. The van der Waals surface area contributed by atoms with Gasteiger partial charge in [0.05, 0.1) is 21.9 Å². The van der Waals surface area contributed by atoms with Crippen LogP contribution in [-0.2, 0) is 14.6 Å². The molecular weight excluding hydrogens is 394 g/mol. The molecule has 0 radical (unpaired) electrons. The van der Waals surface area contributed by atoms with Crippen LogP contribution in [0.5, 0.6) is 0 Å². The third-order valence-electron chi connectivity index (χ3n) is 4.00. The monoisotopic (exact) mass is 413 g/mol. The number of hydrazone groups is 1. The lowest BCUT2D eigenvalue weighted by Crippen LogP contribution is -2.21. The number of thioether (sulfide) groups is 1. The number of rotatable bonds is 6. The minimum atomic E-state index is -3.24. The van der Waals surface area contributed by atoms with Crippen molar-refractivity contribution in [2.24, 2.45) is 5.10 Å². The van der Waals surface area contributed by atoms with Crippen molar-refractivity contribution in [2.75, 3.05) is 12.0 Å². The van der Waals surface area contributed by atoms with Gasteiger partial charge in [-0.2, -0.15) is 5.10 Å². The molecule has 28 heavy (non-hydrogen) atoms. The minimum absolute atomic E-state index is 0.208. The second-order valence-electron chi connectivity index (χ2n) is 6.15. The van der Waals surface area contributed by atoms with Crippen molar-refractivity contribution in [2.45, 2.75) is 16.7 Å². The molecule has 0 spiro atoms. The predicted octanol–water partition coefficient (Wildman–Crippen LogP) is 3.27. The number of nitrogens with one attached hydrogen (secondary N) is 1. The number of benzene rings is 2. The Hall–Kier alpha value is -2.71. The third-order valence-corrected chi connectivity index (χ3v) is 6.18. The Morgan fingerprint density at radius 2 is 1.82 bits per heavy atom. The first kappa shape index (κ1) is 20.0. The van der Waals surface area contributed by atoms with Crippen molar-refractivity contribution in [3.05, 3.63) is 66.4 Å². The van der Waals surface area contributed by atoms with Gasteiger partial charge in [-0.25, -0.2) is 13.8 Å². The number of carbonyl (C=O) groups is 1. The topological polar surface area (TPSA) is 88.5 Å². The molecule has 1 amide bonds. The van der Waals surface area contributed by atoms with Gasteiger partial charge in [0.1, 0.15) is 0 Å². The summed E-state index contributed by atoms with van der Waals surface area (Å²) in [5.74, 6) is -0.0236. The van der Waals surface area contributed by atoms with Gasteiger partial charge in [-0.05, 0) is 36.8 Å². The Morgan fingerprint density at radius 3 is 2.54 bits per heavy atom. The van der Waals surface area contributed by atoms with Gasteiger partial charge < -0.3 is 0 Å². The molecular formula is C20H19N3O3S2. The Balaban J connectivity index is 1.61. The average Bonchev–Trinajstić information content (AvgIpc) is 2.69. The van der Waals surface area contributed by atoms with E-state index >= 15 is 0 Å². The zero-order valence-electron chi connectivity index (χ0n) is 15.4. The minimum Gasteiger partial charge on any atom is -0.272 e. The third kappa shape index (κ3) is 4.96. The molecule has 1 N–H and O–H groups in total. The summed E-state index contributed by atoms with van der Waals surface area (Å²) in [6.45, 7) is 1.75. The van der Waals surface area contributed by atoms with Gasteiger partial charge in [0.2, 0.25) is 5.91 Å². The van der Waals surface area contributed by atoms with E-state index in [-0.39, 0.29) is 16.6 Å². The standard InChI is InChI=1S/C20H19N3O3S2/c1-14(15-8-10-17(11-9-15)28(2,25)26)22-23-19(24)13-27-18-7-3-5-16-6-4-12-21-20(16)18/h3-12H,13H2,1-2H3,(H,23,24)/b22-14-. The van der Waals surface area contributed by atoms with Crippen LogP contribution >= 0.6 is 11.8 Å². The van der Waals surface area contributed by atoms with Crippen molar-refractivity contribution < 1.29 is 13.2 Å².